The van der Waals surface area contributed by atoms with E-state index in [2.05, 4.69) is 9.55 Å². The first kappa shape index (κ1) is 12.5. The van der Waals surface area contributed by atoms with Crippen LogP contribution in [0.5, 0.6) is 0 Å². The molecule has 3 rings (SSSR count). The Bertz CT molecular complexity index is 564. The van der Waals surface area contributed by atoms with Crippen molar-refractivity contribution in [2.45, 2.75) is 32.2 Å². The molecule has 0 spiro atoms. The number of hydrogen-bond acceptors (Lipinski definition) is 3. The SMILES string of the molecule is Nc1ccc2c(c1)ncn2CC1CCCCC1CO. The highest BCUT2D eigenvalue weighted by atomic mass is 16.3. The van der Waals surface area contributed by atoms with E-state index in [1.165, 1.54) is 19.3 Å². The lowest BCUT2D eigenvalue weighted by Crippen LogP contribution is -2.26. The van der Waals surface area contributed by atoms with Gasteiger partial charge in [-0.05, 0) is 42.9 Å². The van der Waals surface area contributed by atoms with E-state index in [0.29, 0.717) is 18.4 Å². The molecular weight excluding hydrogens is 238 g/mol. The fraction of sp³-hybridized carbons (Fsp3) is 0.533. The highest BCUT2D eigenvalue weighted by Gasteiger charge is 2.25. The summed E-state index contributed by atoms with van der Waals surface area (Å²) >= 11 is 0. The van der Waals surface area contributed by atoms with E-state index < -0.39 is 0 Å². The van der Waals surface area contributed by atoms with Crippen molar-refractivity contribution in [3.63, 3.8) is 0 Å². The van der Waals surface area contributed by atoms with Gasteiger partial charge in [0.25, 0.3) is 0 Å². The van der Waals surface area contributed by atoms with Crippen molar-refractivity contribution in [3.8, 4) is 0 Å². The minimum atomic E-state index is 0.310. The third-order valence-corrected chi connectivity index (χ3v) is 4.38. The lowest BCUT2D eigenvalue weighted by molar-refractivity contribution is 0.124. The lowest BCUT2D eigenvalue weighted by Gasteiger charge is -2.30. The predicted molar refractivity (Wildman–Crippen MR) is 76.7 cm³/mol. The molecule has 0 saturated heterocycles. The Kier molecular flexibility index (Phi) is 3.42. The average molecular weight is 259 g/mol. The average Bonchev–Trinajstić information content (AvgIpc) is 2.82. The van der Waals surface area contributed by atoms with Crippen LogP contribution < -0.4 is 5.73 Å². The second-order valence-electron chi connectivity index (χ2n) is 5.63. The molecule has 1 aromatic carbocycles. The number of aliphatic hydroxyl groups excluding tert-OH is 1. The molecule has 19 heavy (non-hydrogen) atoms. The summed E-state index contributed by atoms with van der Waals surface area (Å²) in [6, 6.07) is 5.87. The minimum Gasteiger partial charge on any atom is -0.399 e. The van der Waals surface area contributed by atoms with E-state index in [1.807, 2.05) is 24.5 Å². The summed E-state index contributed by atoms with van der Waals surface area (Å²) < 4.78 is 2.20. The standard InChI is InChI=1S/C15H21N3O/c16-13-5-6-15-14(7-13)17-10-18(15)8-11-3-1-2-4-12(11)9-19/h5-7,10-12,19H,1-4,8-9,16H2. The molecule has 1 saturated carbocycles. The van der Waals surface area contributed by atoms with Crippen LogP contribution >= 0.6 is 0 Å². The number of anilines is 1. The van der Waals surface area contributed by atoms with Gasteiger partial charge in [0, 0.05) is 18.8 Å². The van der Waals surface area contributed by atoms with Crippen LogP contribution in [0.25, 0.3) is 11.0 Å². The van der Waals surface area contributed by atoms with Gasteiger partial charge < -0.3 is 15.4 Å². The van der Waals surface area contributed by atoms with Crippen LogP contribution in [0.3, 0.4) is 0 Å². The minimum absolute atomic E-state index is 0.310. The fourth-order valence-corrected chi connectivity index (χ4v) is 3.24. The summed E-state index contributed by atoms with van der Waals surface area (Å²) in [5.74, 6) is 1.01. The van der Waals surface area contributed by atoms with E-state index in [-0.39, 0.29) is 0 Å². The van der Waals surface area contributed by atoms with Gasteiger partial charge >= 0.3 is 0 Å². The van der Waals surface area contributed by atoms with Gasteiger partial charge in [-0.15, -0.1) is 0 Å². The molecule has 1 heterocycles. The highest BCUT2D eigenvalue weighted by Crippen LogP contribution is 2.31. The van der Waals surface area contributed by atoms with Gasteiger partial charge in [-0.25, -0.2) is 4.98 Å². The second-order valence-corrected chi connectivity index (χ2v) is 5.63. The zero-order chi connectivity index (χ0) is 13.2. The maximum Gasteiger partial charge on any atom is 0.0958 e. The zero-order valence-corrected chi connectivity index (χ0v) is 11.1. The Morgan fingerprint density at radius 2 is 2.05 bits per heavy atom. The molecule has 1 aromatic heterocycles. The summed E-state index contributed by atoms with van der Waals surface area (Å²) in [6.07, 6.45) is 6.79. The van der Waals surface area contributed by atoms with E-state index in [1.54, 1.807) is 0 Å². The molecular formula is C15H21N3O. The maximum atomic E-state index is 9.50. The molecule has 0 aliphatic heterocycles. The van der Waals surface area contributed by atoms with E-state index >= 15 is 0 Å². The van der Waals surface area contributed by atoms with Crippen LogP contribution in [-0.4, -0.2) is 21.3 Å². The molecule has 2 atom stereocenters. The van der Waals surface area contributed by atoms with Crippen molar-refractivity contribution < 1.29 is 5.11 Å². The second kappa shape index (κ2) is 5.21. The van der Waals surface area contributed by atoms with Crippen molar-refractivity contribution in [2.75, 3.05) is 12.3 Å². The smallest absolute Gasteiger partial charge is 0.0958 e. The number of benzene rings is 1. The molecule has 4 nitrogen and oxygen atoms in total. The first-order chi connectivity index (χ1) is 9.28. The molecule has 0 bridgehead atoms. The van der Waals surface area contributed by atoms with Gasteiger partial charge in [-0.2, -0.15) is 0 Å². The monoisotopic (exact) mass is 259 g/mol. The zero-order valence-electron chi connectivity index (χ0n) is 11.1. The number of nitrogens with zero attached hydrogens (tertiary/aromatic N) is 2. The first-order valence-electron chi connectivity index (χ1n) is 7.09. The van der Waals surface area contributed by atoms with Crippen molar-refractivity contribution in [1.82, 2.24) is 9.55 Å². The van der Waals surface area contributed by atoms with Gasteiger partial charge in [-0.3, -0.25) is 0 Å². The number of aliphatic hydroxyl groups is 1. The largest absolute Gasteiger partial charge is 0.399 e. The van der Waals surface area contributed by atoms with Crippen LogP contribution in [-0.2, 0) is 6.54 Å². The maximum absolute atomic E-state index is 9.50. The van der Waals surface area contributed by atoms with E-state index in [4.69, 9.17) is 5.73 Å². The van der Waals surface area contributed by atoms with Crippen molar-refractivity contribution in [1.29, 1.82) is 0 Å². The molecule has 1 aliphatic rings. The Morgan fingerprint density at radius 3 is 2.84 bits per heavy atom. The van der Waals surface area contributed by atoms with Crippen LogP contribution in [0.4, 0.5) is 5.69 Å². The Morgan fingerprint density at radius 1 is 1.26 bits per heavy atom. The molecule has 0 amide bonds. The molecule has 3 N–H and O–H groups in total. The van der Waals surface area contributed by atoms with Gasteiger partial charge in [-0.1, -0.05) is 12.8 Å². The molecule has 1 aliphatic carbocycles. The quantitative estimate of drug-likeness (QED) is 0.832. The normalized spacial score (nSPS) is 23.8. The van der Waals surface area contributed by atoms with Crippen molar-refractivity contribution in [2.24, 2.45) is 11.8 Å². The number of rotatable bonds is 3. The summed E-state index contributed by atoms with van der Waals surface area (Å²) in [5, 5.41) is 9.50. The van der Waals surface area contributed by atoms with Crippen molar-refractivity contribution >= 4 is 16.7 Å². The topological polar surface area (TPSA) is 64.1 Å². The predicted octanol–water partition coefficient (Wildman–Crippen LogP) is 2.42. The molecule has 4 heteroatoms. The van der Waals surface area contributed by atoms with Gasteiger partial charge in [0.1, 0.15) is 0 Å². The van der Waals surface area contributed by atoms with Crippen molar-refractivity contribution in [3.05, 3.63) is 24.5 Å². The summed E-state index contributed by atoms with van der Waals surface area (Å²) in [4.78, 5) is 4.42. The summed E-state index contributed by atoms with van der Waals surface area (Å²) in [6.45, 7) is 1.26. The molecule has 2 unspecified atom stereocenters. The van der Waals surface area contributed by atoms with Crippen LogP contribution in [0.1, 0.15) is 25.7 Å². The van der Waals surface area contributed by atoms with Gasteiger partial charge in [0.05, 0.1) is 17.4 Å². The van der Waals surface area contributed by atoms with Crippen LogP contribution in [0, 0.1) is 11.8 Å². The summed E-state index contributed by atoms with van der Waals surface area (Å²) in [7, 11) is 0. The Labute approximate surface area is 113 Å². The molecule has 0 radical (unpaired) electrons. The number of aromatic nitrogens is 2. The van der Waals surface area contributed by atoms with Gasteiger partial charge in [0.2, 0.25) is 0 Å². The molecule has 1 fully saturated rings. The highest BCUT2D eigenvalue weighted by molar-refractivity contribution is 5.78. The lowest BCUT2D eigenvalue weighted by atomic mass is 9.79. The number of imidazole rings is 1. The number of nitrogen functional groups attached to an aromatic ring is 1. The number of fused-ring (bicyclic) bond motifs is 1. The fourth-order valence-electron chi connectivity index (χ4n) is 3.24. The number of hydrogen-bond donors (Lipinski definition) is 2. The Hall–Kier alpha value is -1.55. The van der Waals surface area contributed by atoms with E-state index in [0.717, 1.165) is 29.7 Å². The molecule has 2 aromatic rings. The number of nitrogens with two attached hydrogens (primary N) is 1. The van der Waals surface area contributed by atoms with Crippen LogP contribution in [0.2, 0.25) is 0 Å². The first-order valence-corrected chi connectivity index (χ1v) is 7.09. The summed E-state index contributed by atoms with van der Waals surface area (Å²) in [5.41, 5.74) is 8.62. The third-order valence-electron chi connectivity index (χ3n) is 4.38. The third kappa shape index (κ3) is 2.45. The van der Waals surface area contributed by atoms with Crippen LogP contribution in [0.15, 0.2) is 24.5 Å². The van der Waals surface area contributed by atoms with Gasteiger partial charge in [0.15, 0.2) is 0 Å². The Balaban J connectivity index is 1.84. The molecule has 102 valence electrons. The van der Waals surface area contributed by atoms with E-state index in [9.17, 15) is 5.11 Å².